The van der Waals surface area contributed by atoms with Gasteiger partial charge in [-0.15, -0.1) is 24.0 Å². The Morgan fingerprint density at radius 2 is 1.95 bits per heavy atom. The van der Waals surface area contributed by atoms with Gasteiger partial charge in [0, 0.05) is 18.0 Å². The fourth-order valence-corrected chi connectivity index (χ4v) is 1.63. The van der Waals surface area contributed by atoms with Crippen LogP contribution in [0.2, 0.25) is 0 Å². The molecule has 5 nitrogen and oxygen atoms in total. The molecule has 0 aliphatic rings. The Balaban J connectivity index is 0.00000220. The quantitative estimate of drug-likeness (QED) is 0.472. The predicted molar refractivity (Wildman–Crippen MR) is 96.3 cm³/mol. The molecule has 3 N–H and O–H groups in total. The van der Waals surface area contributed by atoms with Crippen LogP contribution >= 0.6 is 24.0 Å². The highest BCUT2D eigenvalue weighted by Gasteiger charge is 1.97. The number of halogens is 1. The minimum Gasteiger partial charge on any atom is -0.481 e. The monoisotopic (exact) mass is 398 g/mol. The molecule has 0 saturated carbocycles. The molecular formula is C15H19IN4O. The molecule has 0 saturated heterocycles. The smallest absolute Gasteiger partial charge is 0.212 e. The zero-order chi connectivity index (χ0) is 14.4. The van der Waals surface area contributed by atoms with Crippen molar-refractivity contribution in [3.63, 3.8) is 0 Å². The first-order chi connectivity index (χ1) is 9.67. The van der Waals surface area contributed by atoms with Crippen LogP contribution in [-0.4, -0.2) is 18.1 Å². The first kappa shape index (κ1) is 17.2. The van der Waals surface area contributed by atoms with Crippen LogP contribution < -0.4 is 15.8 Å². The molecule has 0 spiro atoms. The molecule has 0 unspecified atom stereocenters. The van der Waals surface area contributed by atoms with Gasteiger partial charge in [-0.3, -0.25) is 0 Å². The van der Waals surface area contributed by atoms with Crippen molar-refractivity contribution >= 4 is 35.6 Å². The summed E-state index contributed by atoms with van der Waals surface area (Å²) in [6, 6.07) is 11.7. The topological polar surface area (TPSA) is 72.5 Å². The van der Waals surface area contributed by atoms with Gasteiger partial charge in [-0.1, -0.05) is 23.8 Å². The molecule has 0 amide bonds. The van der Waals surface area contributed by atoms with E-state index in [2.05, 4.69) is 15.3 Å². The zero-order valence-corrected chi connectivity index (χ0v) is 14.4. The lowest BCUT2D eigenvalue weighted by atomic mass is 10.2. The van der Waals surface area contributed by atoms with E-state index in [0.717, 1.165) is 11.3 Å². The molecular weight excluding hydrogens is 379 g/mol. The van der Waals surface area contributed by atoms with E-state index in [1.165, 1.54) is 5.56 Å². The molecule has 21 heavy (non-hydrogen) atoms. The number of hydrogen-bond acceptors (Lipinski definition) is 3. The van der Waals surface area contributed by atoms with Gasteiger partial charge in [-0.05, 0) is 24.6 Å². The first-order valence-electron chi connectivity index (χ1n) is 6.30. The van der Waals surface area contributed by atoms with Gasteiger partial charge in [0.1, 0.15) is 0 Å². The number of rotatable bonds is 4. The molecule has 0 bridgehead atoms. The third-order valence-electron chi connectivity index (χ3n) is 2.76. The normalized spacial score (nSPS) is 10.7. The highest BCUT2D eigenvalue weighted by atomic mass is 127. The highest BCUT2D eigenvalue weighted by molar-refractivity contribution is 14.0. The Morgan fingerprint density at radius 1 is 1.24 bits per heavy atom. The molecule has 1 aromatic heterocycles. The minimum absolute atomic E-state index is 0. The summed E-state index contributed by atoms with van der Waals surface area (Å²) in [6.07, 6.45) is 1.72. The van der Waals surface area contributed by atoms with Gasteiger partial charge in [0.05, 0.1) is 13.7 Å². The molecule has 1 aromatic carbocycles. The van der Waals surface area contributed by atoms with Crippen molar-refractivity contribution in [3.8, 4) is 5.88 Å². The average Bonchev–Trinajstić information content (AvgIpc) is 2.48. The lowest BCUT2D eigenvalue weighted by Gasteiger charge is -2.06. The fourth-order valence-electron chi connectivity index (χ4n) is 1.63. The van der Waals surface area contributed by atoms with Gasteiger partial charge in [-0.2, -0.15) is 0 Å². The average molecular weight is 398 g/mol. The first-order valence-corrected chi connectivity index (χ1v) is 6.30. The number of pyridine rings is 1. The second-order valence-electron chi connectivity index (χ2n) is 4.40. The largest absolute Gasteiger partial charge is 0.481 e. The Bertz CT molecular complexity index is 582. The van der Waals surface area contributed by atoms with Crippen molar-refractivity contribution < 1.29 is 4.74 Å². The van der Waals surface area contributed by atoms with E-state index in [0.29, 0.717) is 18.4 Å². The van der Waals surface area contributed by atoms with Crippen molar-refractivity contribution in [2.75, 3.05) is 12.4 Å². The molecule has 0 atom stereocenters. The Morgan fingerprint density at radius 3 is 2.52 bits per heavy atom. The van der Waals surface area contributed by atoms with Gasteiger partial charge in [-0.25, -0.2) is 9.98 Å². The zero-order valence-electron chi connectivity index (χ0n) is 12.0. The lowest BCUT2D eigenvalue weighted by molar-refractivity contribution is 0.397. The molecule has 0 aliphatic carbocycles. The van der Waals surface area contributed by atoms with Crippen molar-refractivity contribution in [1.29, 1.82) is 0 Å². The van der Waals surface area contributed by atoms with Crippen LogP contribution in [0.5, 0.6) is 5.88 Å². The number of aliphatic imine (C=N–C) groups is 1. The summed E-state index contributed by atoms with van der Waals surface area (Å²) in [5.74, 6) is 0.966. The SMILES string of the molecule is COc1ccc(CN=C(N)Nc2ccc(C)cc2)cn1.I. The van der Waals surface area contributed by atoms with E-state index in [-0.39, 0.29) is 24.0 Å². The number of ether oxygens (including phenoxy) is 1. The number of aryl methyl sites for hydroxylation is 1. The van der Waals surface area contributed by atoms with Crippen LogP contribution in [0.15, 0.2) is 47.6 Å². The highest BCUT2D eigenvalue weighted by Crippen LogP contribution is 2.09. The molecule has 112 valence electrons. The minimum atomic E-state index is 0. The standard InChI is InChI=1S/C15H18N4O.HI/c1-11-3-6-13(7-4-11)19-15(16)18-10-12-5-8-14(20-2)17-9-12;/h3-9H,10H2,1-2H3,(H3,16,18,19);1H. The summed E-state index contributed by atoms with van der Waals surface area (Å²) in [4.78, 5) is 8.39. The predicted octanol–water partition coefficient (Wildman–Crippen LogP) is 2.94. The summed E-state index contributed by atoms with van der Waals surface area (Å²) in [7, 11) is 1.59. The Kier molecular flexibility index (Phi) is 6.93. The molecule has 0 radical (unpaired) electrons. The maximum absolute atomic E-state index is 5.84. The number of aromatic nitrogens is 1. The van der Waals surface area contributed by atoms with Crippen LogP contribution in [0.25, 0.3) is 0 Å². The third-order valence-corrected chi connectivity index (χ3v) is 2.76. The lowest BCUT2D eigenvalue weighted by Crippen LogP contribution is -2.22. The van der Waals surface area contributed by atoms with E-state index in [9.17, 15) is 0 Å². The molecule has 1 heterocycles. The molecule has 2 rings (SSSR count). The Hall–Kier alpha value is -1.83. The van der Waals surface area contributed by atoms with E-state index < -0.39 is 0 Å². The summed E-state index contributed by atoms with van der Waals surface area (Å²) in [5.41, 5.74) is 8.94. The van der Waals surface area contributed by atoms with Crippen LogP contribution in [0.4, 0.5) is 5.69 Å². The summed E-state index contributed by atoms with van der Waals surface area (Å²) in [5, 5.41) is 3.04. The summed E-state index contributed by atoms with van der Waals surface area (Å²) >= 11 is 0. The maximum atomic E-state index is 5.84. The second kappa shape index (κ2) is 8.46. The number of anilines is 1. The number of hydrogen-bond donors (Lipinski definition) is 2. The number of nitrogens with two attached hydrogens (primary N) is 1. The van der Waals surface area contributed by atoms with Gasteiger partial charge in [0.25, 0.3) is 0 Å². The third kappa shape index (κ3) is 5.58. The second-order valence-corrected chi connectivity index (χ2v) is 4.40. The number of nitrogens with zero attached hydrogens (tertiary/aromatic N) is 2. The van der Waals surface area contributed by atoms with Crippen LogP contribution in [0.1, 0.15) is 11.1 Å². The van der Waals surface area contributed by atoms with E-state index >= 15 is 0 Å². The number of guanidine groups is 1. The maximum Gasteiger partial charge on any atom is 0.212 e. The van der Waals surface area contributed by atoms with Gasteiger partial charge in [0.2, 0.25) is 5.88 Å². The van der Waals surface area contributed by atoms with Crippen LogP contribution in [0, 0.1) is 6.92 Å². The van der Waals surface area contributed by atoms with Crippen LogP contribution in [-0.2, 0) is 6.54 Å². The summed E-state index contributed by atoms with van der Waals surface area (Å²) in [6.45, 7) is 2.51. The van der Waals surface area contributed by atoms with E-state index in [1.54, 1.807) is 19.4 Å². The Labute approximate surface area is 141 Å². The molecule has 0 fully saturated rings. The van der Waals surface area contributed by atoms with Gasteiger partial charge < -0.3 is 15.8 Å². The van der Waals surface area contributed by atoms with Crippen molar-refractivity contribution in [1.82, 2.24) is 4.98 Å². The number of nitrogens with one attached hydrogen (secondary N) is 1. The van der Waals surface area contributed by atoms with Crippen molar-refractivity contribution in [3.05, 3.63) is 53.7 Å². The fraction of sp³-hybridized carbons (Fsp3) is 0.200. The number of methoxy groups -OCH3 is 1. The van der Waals surface area contributed by atoms with Crippen LogP contribution in [0.3, 0.4) is 0 Å². The van der Waals surface area contributed by atoms with E-state index in [4.69, 9.17) is 10.5 Å². The molecule has 6 heteroatoms. The van der Waals surface area contributed by atoms with E-state index in [1.807, 2.05) is 37.3 Å². The number of benzene rings is 1. The van der Waals surface area contributed by atoms with Crippen molar-refractivity contribution in [2.24, 2.45) is 10.7 Å². The van der Waals surface area contributed by atoms with Gasteiger partial charge >= 0.3 is 0 Å². The summed E-state index contributed by atoms with van der Waals surface area (Å²) < 4.78 is 5.00. The molecule has 0 aliphatic heterocycles. The molecule has 2 aromatic rings. The van der Waals surface area contributed by atoms with Gasteiger partial charge in [0.15, 0.2) is 5.96 Å². The van der Waals surface area contributed by atoms with Crippen molar-refractivity contribution in [2.45, 2.75) is 13.5 Å².